The first kappa shape index (κ1) is 19.7. The minimum atomic E-state index is -0.424. The van der Waals surface area contributed by atoms with Crippen LogP contribution in [0.15, 0.2) is 72.8 Å². The van der Waals surface area contributed by atoms with E-state index < -0.39 is 5.82 Å². The number of benzene rings is 3. The van der Waals surface area contributed by atoms with Gasteiger partial charge in [0.1, 0.15) is 17.7 Å². The molecule has 3 aromatic rings. The number of halogens is 2. The van der Waals surface area contributed by atoms with Crippen molar-refractivity contribution in [2.45, 2.75) is 12.2 Å². The molecule has 6 heteroatoms. The van der Waals surface area contributed by atoms with Gasteiger partial charge in [-0.25, -0.2) is 4.39 Å². The summed E-state index contributed by atoms with van der Waals surface area (Å²) in [5.41, 5.74) is 1.000. The summed E-state index contributed by atoms with van der Waals surface area (Å²) in [4.78, 5) is 0. The second-order valence-electron chi connectivity index (χ2n) is 6.69. The van der Waals surface area contributed by atoms with E-state index in [-0.39, 0.29) is 18.0 Å². The van der Waals surface area contributed by atoms with Crippen LogP contribution in [0.3, 0.4) is 0 Å². The fraction of sp³-hybridized carbons (Fsp3) is 0.217. The fourth-order valence-corrected chi connectivity index (χ4v) is 3.38. The largest absolute Gasteiger partial charge is 0.479 e. The van der Waals surface area contributed by atoms with Gasteiger partial charge in [0, 0.05) is 19.2 Å². The zero-order valence-electron chi connectivity index (χ0n) is 15.7. The van der Waals surface area contributed by atoms with Crippen LogP contribution < -0.4 is 14.8 Å². The Morgan fingerprint density at radius 1 is 0.966 bits per heavy atom. The number of ether oxygens (including phenoxy) is 3. The summed E-state index contributed by atoms with van der Waals surface area (Å²) in [6.45, 7) is 2.11. The third kappa shape index (κ3) is 4.88. The molecule has 4 rings (SSSR count). The highest BCUT2D eigenvalue weighted by Crippen LogP contribution is 2.38. The van der Waals surface area contributed by atoms with Gasteiger partial charge in [-0.05, 0) is 29.8 Å². The first-order valence-corrected chi connectivity index (χ1v) is 9.84. The molecule has 0 amide bonds. The second-order valence-corrected chi connectivity index (χ2v) is 7.09. The van der Waals surface area contributed by atoms with Crippen LogP contribution in [-0.4, -0.2) is 25.8 Å². The van der Waals surface area contributed by atoms with Crippen LogP contribution in [0, 0.1) is 5.82 Å². The highest BCUT2D eigenvalue weighted by molar-refractivity contribution is 6.32. The van der Waals surface area contributed by atoms with Gasteiger partial charge in [-0.2, -0.15) is 0 Å². The molecule has 4 nitrogen and oxygen atoms in total. The molecule has 0 radical (unpaired) electrons. The third-order valence-corrected chi connectivity index (χ3v) is 4.95. The molecule has 1 heterocycles. The van der Waals surface area contributed by atoms with Crippen molar-refractivity contribution < 1.29 is 18.6 Å². The molecule has 1 saturated heterocycles. The maximum atomic E-state index is 13.6. The van der Waals surface area contributed by atoms with Crippen molar-refractivity contribution in [1.29, 1.82) is 0 Å². The van der Waals surface area contributed by atoms with Crippen LogP contribution in [0.2, 0.25) is 5.02 Å². The number of hydrogen-bond donors (Lipinski definition) is 1. The molecular weight excluding hydrogens is 393 g/mol. The number of para-hydroxylation sites is 2. The van der Waals surface area contributed by atoms with E-state index in [2.05, 4.69) is 5.32 Å². The Balaban J connectivity index is 1.63. The second kappa shape index (κ2) is 9.27. The first-order chi connectivity index (χ1) is 14.2. The summed E-state index contributed by atoms with van der Waals surface area (Å²) < 4.78 is 31.9. The van der Waals surface area contributed by atoms with Crippen LogP contribution in [0.5, 0.6) is 17.2 Å². The maximum Gasteiger partial charge on any atom is 0.169 e. The topological polar surface area (TPSA) is 39.7 Å². The van der Waals surface area contributed by atoms with Crippen molar-refractivity contribution in [3.05, 3.63) is 89.2 Å². The number of nitrogens with one attached hydrogen (secondary N) is 1. The average Bonchev–Trinajstić information content (AvgIpc) is 2.77. The Labute approximate surface area is 174 Å². The molecule has 1 aliphatic rings. The summed E-state index contributed by atoms with van der Waals surface area (Å²) in [5, 5.41) is 3.66. The van der Waals surface area contributed by atoms with Crippen molar-refractivity contribution in [1.82, 2.24) is 5.32 Å². The van der Waals surface area contributed by atoms with Crippen molar-refractivity contribution in [2.24, 2.45) is 0 Å². The number of morpholine rings is 1. The summed E-state index contributed by atoms with van der Waals surface area (Å²) >= 11 is 6.16. The maximum absolute atomic E-state index is 13.6. The van der Waals surface area contributed by atoms with Crippen LogP contribution in [0.25, 0.3) is 0 Å². The van der Waals surface area contributed by atoms with Gasteiger partial charge in [0.05, 0.1) is 11.6 Å². The molecule has 3 aromatic carbocycles. The van der Waals surface area contributed by atoms with Crippen molar-refractivity contribution in [3.8, 4) is 17.2 Å². The number of hydrogen-bond acceptors (Lipinski definition) is 4. The Hall–Kier alpha value is -2.60. The summed E-state index contributed by atoms with van der Waals surface area (Å²) in [5.74, 6) is 0.779. The lowest BCUT2D eigenvalue weighted by atomic mass is 10.0. The van der Waals surface area contributed by atoms with E-state index in [1.54, 1.807) is 6.07 Å². The molecule has 0 aromatic heterocycles. The quantitative estimate of drug-likeness (QED) is 0.589. The van der Waals surface area contributed by atoms with Gasteiger partial charge in [-0.1, -0.05) is 54.1 Å². The number of rotatable bonds is 6. The van der Waals surface area contributed by atoms with Gasteiger partial charge < -0.3 is 19.5 Å². The van der Waals surface area contributed by atoms with E-state index in [0.717, 1.165) is 12.1 Å². The summed E-state index contributed by atoms with van der Waals surface area (Å²) in [7, 11) is 0. The lowest BCUT2D eigenvalue weighted by Crippen LogP contribution is -2.43. The Bertz CT molecular complexity index is 948. The third-order valence-electron chi connectivity index (χ3n) is 4.64. The molecule has 1 aliphatic heterocycles. The fourth-order valence-electron chi connectivity index (χ4n) is 3.22. The minimum Gasteiger partial charge on any atom is -0.479 e. The lowest BCUT2D eigenvalue weighted by Gasteiger charge is -2.32. The normalized spacial score (nSPS) is 17.5. The predicted octanol–water partition coefficient (Wildman–Crippen LogP) is 5.38. The summed E-state index contributed by atoms with van der Waals surface area (Å²) in [6, 6.07) is 21.2. The van der Waals surface area contributed by atoms with Crippen LogP contribution in [-0.2, 0) is 4.74 Å². The van der Waals surface area contributed by atoms with Gasteiger partial charge >= 0.3 is 0 Å². The van der Waals surface area contributed by atoms with Crippen LogP contribution >= 0.6 is 11.6 Å². The molecule has 0 aliphatic carbocycles. The zero-order valence-corrected chi connectivity index (χ0v) is 16.4. The van der Waals surface area contributed by atoms with Crippen molar-refractivity contribution >= 4 is 11.6 Å². The van der Waals surface area contributed by atoms with Crippen LogP contribution in [0.4, 0.5) is 4.39 Å². The van der Waals surface area contributed by atoms with E-state index in [9.17, 15) is 4.39 Å². The first-order valence-electron chi connectivity index (χ1n) is 9.46. The molecule has 0 bridgehead atoms. The average molecular weight is 414 g/mol. The zero-order chi connectivity index (χ0) is 20.1. The van der Waals surface area contributed by atoms with E-state index in [0.29, 0.717) is 29.7 Å². The Morgan fingerprint density at radius 3 is 2.48 bits per heavy atom. The van der Waals surface area contributed by atoms with E-state index in [1.165, 1.54) is 18.2 Å². The molecule has 2 atom stereocenters. The standard InChI is InChI=1S/C23H21ClFNO3/c24-18-11-10-17(25)14-21(18)28-19-8-4-5-9-20(19)29-23(16-6-2-1-3-7-16)22-15-26-12-13-27-22/h1-11,14,22-23,26H,12-13,15H2. The Kier molecular flexibility index (Phi) is 6.30. The summed E-state index contributed by atoms with van der Waals surface area (Å²) in [6.07, 6.45) is -0.492. The van der Waals surface area contributed by atoms with Gasteiger partial charge in [0.25, 0.3) is 0 Å². The highest BCUT2D eigenvalue weighted by Gasteiger charge is 2.28. The van der Waals surface area contributed by atoms with Gasteiger partial charge in [0.15, 0.2) is 17.6 Å². The van der Waals surface area contributed by atoms with Gasteiger partial charge in [0.2, 0.25) is 0 Å². The molecule has 1 fully saturated rings. The SMILES string of the molecule is Fc1ccc(Cl)c(Oc2ccccc2OC(c2ccccc2)C2CNCCO2)c1. The van der Waals surface area contributed by atoms with E-state index in [4.69, 9.17) is 25.8 Å². The highest BCUT2D eigenvalue weighted by atomic mass is 35.5. The lowest BCUT2D eigenvalue weighted by molar-refractivity contribution is -0.0437. The van der Waals surface area contributed by atoms with E-state index in [1.807, 2.05) is 48.5 Å². The molecule has 150 valence electrons. The smallest absolute Gasteiger partial charge is 0.169 e. The molecule has 0 spiro atoms. The molecule has 0 saturated carbocycles. The van der Waals surface area contributed by atoms with Crippen LogP contribution in [0.1, 0.15) is 11.7 Å². The minimum absolute atomic E-state index is 0.156. The van der Waals surface area contributed by atoms with Gasteiger partial charge in [-0.3, -0.25) is 0 Å². The predicted molar refractivity (Wildman–Crippen MR) is 110 cm³/mol. The van der Waals surface area contributed by atoms with Gasteiger partial charge in [-0.15, -0.1) is 0 Å². The van der Waals surface area contributed by atoms with Crippen molar-refractivity contribution in [3.63, 3.8) is 0 Å². The molecule has 2 unspecified atom stereocenters. The molecular formula is C23H21ClFNO3. The van der Waals surface area contributed by atoms with E-state index >= 15 is 0 Å². The Morgan fingerprint density at radius 2 is 1.72 bits per heavy atom. The van der Waals surface area contributed by atoms with Crippen molar-refractivity contribution in [2.75, 3.05) is 19.7 Å². The monoisotopic (exact) mass is 413 g/mol. The molecule has 29 heavy (non-hydrogen) atoms. The molecule has 1 N–H and O–H groups in total.